The number of carbonyl (C=O) groups is 1. The van der Waals surface area contributed by atoms with E-state index in [1.165, 1.54) is 16.7 Å². The highest BCUT2D eigenvalue weighted by molar-refractivity contribution is 9.10. The van der Waals surface area contributed by atoms with Crippen molar-refractivity contribution >= 4 is 50.7 Å². The summed E-state index contributed by atoms with van der Waals surface area (Å²) in [4.78, 5) is 20.5. The van der Waals surface area contributed by atoms with Gasteiger partial charge in [-0.3, -0.25) is 14.7 Å². The Kier molecular flexibility index (Phi) is 4.60. The number of amides is 1. The first-order valence-corrected chi connectivity index (χ1v) is 8.47. The van der Waals surface area contributed by atoms with Crippen molar-refractivity contribution in [1.82, 2.24) is 4.90 Å². The topological polar surface area (TPSA) is 58.3 Å². The van der Waals surface area contributed by atoms with Crippen molar-refractivity contribution in [1.29, 1.82) is 0 Å². The molecule has 118 valence electrons. The molecule has 3 rings (SSSR count). The number of anilines is 1. The van der Waals surface area contributed by atoms with Crippen LogP contribution < -0.4 is 4.90 Å². The van der Waals surface area contributed by atoms with Gasteiger partial charge in [-0.25, -0.2) is 0 Å². The number of carbonyl (C=O) groups excluding carboxylic acids is 1. The number of rotatable bonds is 2. The molecule has 6 nitrogen and oxygen atoms in total. The van der Waals surface area contributed by atoms with Gasteiger partial charge in [0.15, 0.2) is 5.17 Å². The van der Waals surface area contributed by atoms with Crippen molar-refractivity contribution in [2.45, 2.75) is 0 Å². The molecule has 0 atom stereocenters. The second-order valence-electron chi connectivity index (χ2n) is 4.88. The van der Waals surface area contributed by atoms with E-state index in [0.29, 0.717) is 29.0 Å². The van der Waals surface area contributed by atoms with Gasteiger partial charge in [0.05, 0.1) is 22.6 Å². The molecule has 2 aliphatic rings. The van der Waals surface area contributed by atoms with Crippen LogP contribution in [0.5, 0.6) is 0 Å². The molecule has 0 aromatic carbocycles. The summed E-state index contributed by atoms with van der Waals surface area (Å²) in [6.07, 6.45) is 1.76. The van der Waals surface area contributed by atoms with Crippen molar-refractivity contribution in [2.24, 2.45) is 4.99 Å². The van der Waals surface area contributed by atoms with Gasteiger partial charge < -0.3 is 14.1 Å². The zero-order valence-electron chi connectivity index (χ0n) is 12.3. The molecule has 1 amide bonds. The molecule has 0 radical (unpaired) electrons. The third-order valence-electron chi connectivity index (χ3n) is 3.45. The van der Waals surface area contributed by atoms with Crippen LogP contribution in [0.4, 0.5) is 5.88 Å². The van der Waals surface area contributed by atoms with E-state index in [9.17, 15) is 4.79 Å². The monoisotopic (exact) mass is 385 g/mol. The normalized spacial score (nSPS) is 23.1. The molecule has 1 aromatic rings. The van der Waals surface area contributed by atoms with Gasteiger partial charge in [-0.15, -0.1) is 0 Å². The SMILES string of the molecule is CN=C1S/C(=C\c2cc(Br)c(N3CCOCC3)o2)C(=O)N1C. The second kappa shape index (κ2) is 6.47. The lowest BCUT2D eigenvalue weighted by atomic mass is 10.3. The molecule has 1 aromatic heterocycles. The van der Waals surface area contributed by atoms with E-state index in [4.69, 9.17) is 9.15 Å². The summed E-state index contributed by atoms with van der Waals surface area (Å²) in [6.45, 7) is 2.98. The van der Waals surface area contributed by atoms with Crippen LogP contribution in [0.15, 0.2) is 24.9 Å². The minimum atomic E-state index is -0.0638. The van der Waals surface area contributed by atoms with Crippen LogP contribution in [0.25, 0.3) is 6.08 Å². The molecule has 0 N–H and O–H groups in total. The van der Waals surface area contributed by atoms with Gasteiger partial charge in [0.2, 0.25) is 5.88 Å². The van der Waals surface area contributed by atoms with Gasteiger partial charge in [0.25, 0.3) is 5.91 Å². The third kappa shape index (κ3) is 2.95. The second-order valence-corrected chi connectivity index (χ2v) is 6.75. The zero-order valence-corrected chi connectivity index (χ0v) is 14.7. The average molecular weight is 386 g/mol. The molecule has 0 bridgehead atoms. The number of ether oxygens (including phenoxy) is 1. The van der Waals surface area contributed by atoms with Crippen molar-refractivity contribution < 1.29 is 13.9 Å². The number of nitrogens with zero attached hydrogens (tertiary/aromatic N) is 3. The van der Waals surface area contributed by atoms with Gasteiger partial charge >= 0.3 is 0 Å². The number of hydrogen-bond acceptors (Lipinski definition) is 6. The summed E-state index contributed by atoms with van der Waals surface area (Å²) in [6, 6.07) is 1.88. The smallest absolute Gasteiger partial charge is 0.266 e. The average Bonchev–Trinajstić information content (AvgIpc) is 3.03. The van der Waals surface area contributed by atoms with E-state index in [-0.39, 0.29) is 5.91 Å². The van der Waals surface area contributed by atoms with Crippen molar-refractivity contribution in [3.63, 3.8) is 0 Å². The fourth-order valence-corrected chi connectivity index (χ4v) is 3.77. The Labute approximate surface area is 141 Å². The Hall–Kier alpha value is -1.25. The van der Waals surface area contributed by atoms with Gasteiger partial charge in [-0.05, 0) is 27.7 Å². The first kappa shape index (κ1) is 15.6. The summed E-state index contributed by atoms with van der Waals surface area (Å²) in [5.41, 5.74) is 0. The van der Waals surface area contributed by atoms with Crippen LogP contribution in [0.2, 0.25) is 0 Å². The van der Waals surface area contributed by atoms with Gasteiger partial charge in [-0.2, -0.15) is 0 Å². The molecule has 0 unspecified atom stereocenters. The molecule has 0 saturated carbocycles. The number of likely N-dealkylation sites (N-methyl/N-ethyl adjacent to an activating group) is 1. The lowest BCUT2D eigenvalue weighted by Crippen LogP contribution is -2.36. The Morgan fingerprint density at radius 3 is 2.77 bits per heavy atom. The Morgan fingerprint density at radius 2 is 2.14 bits per heavy atom. The van der Waals surface area contributed by atoms with E-state index in [1.807, 2.05) is 6.07 Å². The summed E-state index contributed by atoms with van der Waals surface area (Å²) in [5, 5.41) is 0.690. The third-order valence-corrected chi connectivity index (χ3v) is 5.17. The van der Waals surface area contributed by atoms with E-state index >= 15 is 0 Å². The van der Waals surface area contributed by atoms with Crippen LogP contribution in [0.1, 0.15) is 5.76 Å². The number of thioether (sulfide) groups is 1. The predicted octanol–water partition coefficient (Wildman–Crippen LogP) is 2.41. The first-order chi connectivity index (χ1) is 10.6. The fourth-order valence-electron chi connectivity index (χ4n) is 2.31. The summed E-state index contributed by atoms with van der Waals surface area (Å²) >= 11 is 4.87. The minimum Gasteiger partial charge on any atom is -0.440 e. The lowest BCUT2D eigenvalue weighted by molar-refractivity contribution is -0.121. The molecule has 2 fully saturated rings. The van der Waals surface area contributed by atoms with Crippen LogP contribution >= 0.6 is 27.7 Å². The molecular weight excluding hydrogens is 370 g/mol. The van der Waals surface area contributed by atoms with Gasteiger partial charge in [-0.1, -0.05) is 0 Å². The highest BCUT2D eigenvalue weighted by Gasteiger charge is 2.30. The molecule has 0 aliphatic carbocycles. The Morgan fingerprint density at radius 1 is 1.41 bits per heavy atom. The summed E-state index contributed by atoms with van der Waals surface area (Å²) < 4.78 is 12.1. The molecule has 22 heavy (non-hydrogen) atoms. The number of hydrogen-bond donors (Lipinski definition) is 0. The van der Waals surface area contributed by atoms with E-state index in [1.54, 1.807) is 20.2 Å². The Balaban J connectivity index is 1.84. The number of furan rings is 1. The summed E-state index contributed by atoms with van der Waals surface area (Å²) in [7, 11) is 3.39. The van der Waals surface area contributed by atoms with Gasteiger partial charge in [0.1, 0.15) is 5.76 Å². The van der Waals surface area contributed by atoms with Crippen molar-refractivity contribution in [2.75, 3.05) is 45.3 Å². The molecule has 8 heteroatoms. The summed E-state index contributed by atoms with van der Waals surface area (Å²) in [5.74, 6) is 1.37. The van der Waals surface area contributed by atoms with E-state index in [0.717, 1.165) is 23.4 Å². The molecule has 0 spiro atoms. The number of aliphatic imine (C=N–C) groups is 1. The molecule has 2 aliphatic heterocycles. The van der Waals surface area contributed by atoms with Crippen LogP contribution in [0, 0.1) is 0 Å². The van der Waals surface area contributed by atoms with Crippen LogP contribution in [-0.2, 0) is 9.53 Å². The largest absolute Gasteiger partial charge is 0.440 e. The maximum absolute atomic E-state index is 12.1. The van der Waals surface area contributed by atoms with Crippen LogP contribution in [-0.4, -0.2) is 56.4 Å². The lowest BCUT2D eigenvalue weighted by Gasteiger charge is -2.26. The van der Waals surface area contributed by atoms with Crippen molar-refractivity contribution in [3.05, 3.63) is 21.2 Å². The maximum Gasteiger partial charge on any atom is 0.266 e. The number of morpholine rings is 1. The Bertz CT molecular complexity index is 650. The molecule has 2 saturated heterocycles. The first-order valence-electron chi connectivity index (χ1n) is 6.86. The van der Waals surface area contributed by atoms with Gasteiger partial charge in [0, 0.05) is 39.3 Å². The maximum atomic E-state index is 12.1. The standard InChI is InChI=1S/C14H16BrN3O3S/c1-16-14-17(2)12(19)11(22-14)8-9-7-10(15)13(21-9)18-3-5-20-6-4-18/h7-8H,3-6H2,1-2H3/b11-8-,16-14?. The molecular formula is C14H16BrN3O3S. The number of amidine groups is 1. The minimum absolute atomic E-state index is 0.0638. The van der Waals surface area contributed by atoms with Crippen molar-refractivity contribution in [3.8, 4) is 0 Å². The fraction of sp³-hybridized carbons (Fsp3) is 0.429. The zero-order chi connectivity index (χ0) is 15.7. The van der Waals surface area contributed by atoms with E-state index < -0.39 is 0 Å². The quantitative estimate of drug-likeness (QED) is 0.731. The van der Waals surface area contributed by atoms with Crippen LogP contribution in [0.3, 0.4) is 0 Å². The highest BCUT2D eigenvalue weighted by Crippen LogP contribution is 2.35. The number of halogens is 1. The van der Waals surface area contributed by atoms with E-state index in [2.05, 4.69) is 25.8 Å². The highest BCUT2D eigenvalue weighted by atomic mass is 79.9. The molecule has 3 heterocycles. The predicted molar refractivity (Wildman–Crippen MR) is 91.1 cm³/mol.